The minimum Gasteiger partial charge on any atom is -0.493 e. The first kappa shape index (κ1) is 17.4. The zero-order chi connectivity index (χ0) is 18.1. The van der Waals surface area contributed by atoms with Gasteiger partial charge in [-0.15, -0.1) is 0 Å². The van der Waals surface area contributed by atoms with Gasteiger partial charge in [-0.3, -0.25) is 9.59 Å². The molecule has 0 bridgehead atoms. The summed E-state index contributed by atoms with van der Waals surface area (Å²) in [5.74, 6) is 0.252. The van der Waals surface area contributed by atoms with Crippen molar-refractivity contribution in [3.05, 3.63) is 45.5 Å². The summed E-state index contributed by atoms with van der Waals surface area (Å²) in [5, 5.41) is 1.01. The molecule has 3 rings (SSSR count). The van der Waals surface area contributed by atoms with Crippen molar-refractivity contribution in [2.75, 3.05) is 12.8 Å². The van der Waals surface area contributed by atoms with Crippen LogP contribution in [0.25, 0.3) is 11.0 Å². The van der Waals surface area contributed by atoms with E-state index in [-0.39, 0.29) is 22.9 Å². The number of aromatic nitrogens is 3. The predicted molar refractivity (Wildman–Crippen MR) is 99.8 cm³/mol. The van der Waals surface area contributed by atoms with E-state index in [1.165, 1.54) is 13.2 Å². The minimum atomic E-state index is -0.438. The first-order chi connectivity index (χ1) is 11.9. The fourth-order valence-electron chi connectivity index (χ4n) is 2.26. The first-order valence-electron chi connectivity index (χ1n) is 7.45. The molecule has 25 heavy (non-hydrogen) atoms. The van der Waals surface area contributed by atoms with Crippen molar-refractivity contribution in [2.24, 2.45) is 0 Å². The van der Waals surface area contributed by atoms with Crippen molar-refractivity contribution in [3.63, 3.8) is 0 Å². The molecule has 2 aromatic heterocycles. The molecule has 0 fully saturated rings. The number of anilines is 1. The average Bonchev–Trinajstić information content (AvgIpc) is 2.94. The molecule has 0 unspecified atom stereocenters. The molecular formula is C16H16N4O3S2. The molecule has 0 saturated carbocycles. The Bertz CT molecular complexity index is 999. The zero-order valence-corrected chi connectivity index (χ0v) is 15.5. The number of nitrogens with two attached hydrogens (primary N) is 1. The van der Waals surface area contributed by atoms with Gasteiger partial charge in [0.1, 0.15) is 5.82 Å². The second-order valence-electron chi connectivity index (χ2n) is 5.52. The number of hydrogen-bond acceptors (Lipinski definition) is 8. The van der Waals surface area contributed by atoms with Crippen LogP contribution in [-0.2, 0) is 9.53 Å². The van der Waals surface area contributed by atoms with Crippen molar-refractivity contribution in [1.29, 1.82) is 0 Å². The molecule has 1 aliphatic carbocycles. The molecule has 2 N–H and O–H groups in total. The van der Waals surface area contributed by atoms with Crippen LogP contribution in [0.2, 0.25) is 0 Å². The number of rotatable bonds is 4. The molecule has 7 nitrogen and oxygen atoms in total. The van der Waals surface area contributed by atoms with Gasteiger partial charge in [0, 0.05) is 16.8 Å². The van der Waals surface area contributed by atoms with Gasteiger partial charge in [0.15, 0.2) is 10.9 Å². The SMILES string of the molecule is COC1=C/C(=C/c2c(N)n3c(SC(C)C)nsc3nc2=O)C=CC1=O. The third-order valence-electron chi connectivity index (χ3n) is 3.37. The van der Waals surface area contributed by atoms with Crippen LogP contribution < -0.4 is 11.3 Å². The lowest BCUT2D eigenvalue weighted by molar-refractivity contribution is -0.114. The van der Waals surface area contributed by atoms with Crippen molar-refractivity contribution in [2.45, 2.75) is 24.3 Å². The van der Waals surface area contributed by atoms with Crippen LogP contribution in [0.1, 0.15) is 19.4 Å². The largest absolute Gasteiger partial charge is 0.493 e. The van der Waals surface area contributed by atoms with E-state index in [1.54, 1.807) is 34.4 Å². The first-order valence-corrected chi connectivity index (χ1v) is 9.10. The van der Waals surface area contributed by atoms with Gasteiger partial charge in [0.25, 0.3) is 5.56 Å². The monoisotopic (exact) mass is 376 g/mol. The Labute approximate surface area is 152 Å². The van der Waals surface area contributed by atoms with Crippen molar-refractivity contribution in [3.8, 4) is 0 Å². The Balaban J connectivity index is 2.15. The van der Waals surface area contributed by atoms with Crippen LogP contribution in [0, 0.1) is 0 Å². The summed E-state index contributed by atoms with van der Waals surface area (Å²) in [6.07, 6.45) is 6.15. The van der Waals surface area contributed by atoms with E-state index in [0.29, 0.717) is 20.9 Å². The molecular weight excluding hydrogens is 360 g/mol. The van der Waals surface area contributed by atoms with E-state index in [4.69, 9.17) is 10.5 Å². The summed E-state index contributed by atoms with van der Waals surface area (Å²) >= 11 is 2.68. The summed E-state index contributed by atoms with van der Waals surface area (Å²) in [5.41, 5.74) is 6.69. The number of nitrogens with zero attached hydrogens (tertiary/aromatic N) is 3. The van der Waals surface area contributed by atoms with Gasteiger partial charge < -0.3 is 10.5 Å². The quantitative estimate of drug-likeness (QED) is 0.817. The second-order valence-corrected chi connectivity index (χ2v) is 7.79. The third-order valence-corrected chi connectivity index (χ3v) is 5.15. The van der Waals surface area contributed by atoms with Gasteiger partial charge in [-0.2, -0.15) is 9.36 Å². The van der Waals surface area contributed by atoms with Gasteiger partial charge in [0.05, 0.1) is 12.7 Å². The fourth-order valence-corrected chi connectivity index (χ4v) is 3.94. The van der Waals surface area contributed by atoms with Crippen LogP contribution >= 0.6 is 23.3 Å². The van der Waals surface area contributed by atoms with Crippen molar-refractivity contribution >= 4 is 45.9 Å². The van der Waals surface area contributed by atoms with Crippen LogP contribution in [0.4, 0.5) is 5.82 Å². The van der Waals surface area contributed by atoms with E-state index >= 15 is 0 Å². The molecule has 0 spiro atoms. The highest BCUT2D eigenvalue weighted by molar-refractivity contribution is 7.99. The van der Waals surface area contributed by atoms with Gasteiger partial charge in [-0.25, -0.2) is 4.40 Å². The van der Waals surface area contributed by atoms with E-state index < -0.39 is 5.56 Å². The maximum absolute atomic E-state index is 12.4. The number of hydrogen-bond donors (Lipinski definition) is 1. The van der Waals surface area contributed by atoms with E-state index in [0.717, 1.165) is 11.5 Å². The van der Waals surface area contributed by atoms with E-state index in [9.17, 15) is 9.59 Å². The Morgan fingerprint density at radius 1 is 1.36 bits per heavy atom. The van der Waals surface area contributed by atoms with Crippen molar-refractivity contribution < 1.29 is 9.53 Å². The molecule has 9 heteroatoms. The summed E-state index contributed by atoms with van der Waals surface area (Å²) in [6, 6.07) is 0. The lowest BCUT2D eigenvalue weighted by Crippen LogP contribution is -2.17. The number of fused-ring (bicyclic) bond motifs is 1. The lowest BCUT2D eigenvalue weighted by Gasteiger charge is -2.09. The van der Waals surface area contributed by atoms with Gasteiger partial charge in [0.2, 0.25) is 10.7 Å². The minimum absolute atomic E-state index is 0.203. The highest BCUT2D eigenvalue weighted by Gasteiger charge is 2.17. The number of nitrogen functional groups attached to an aromatic ring is 1. The van der Waals surface area contributed by atoms with E-state index in [2.05, 4.69) is 9.36 Å². The summed E-state index contributed by atoms with van der Waals surface area (Å²) in [7, 11) is 1.42. The van der Waals surface area contributed by atoms with Crippen LogP contribution in [0.3, 0.4) is 0 Å². The molecule has 0 saturated heterocycles. The Hall–Kier alpha value is -2.39. The summed E-state index contributed by atoms with van der Waals surface area (Å²) in [4.78, 5) is 28.5. The molecule has 1 aliphatic rings. The number of ketones is 1. The molecule has 0 radical (unpaired) electrons. The van der Waals surface area contributed by atoms with Crippen LogP contribution in [0.15, 0.2) is 39.5 Å². The zero-order valence-electron chi connectivity index (χ0n) is 13.8. The number of carbonyl (C=O) groups excluding carboxylic acids is 1. The topological polar surface area (TPSA) is 99.6 Å². The normalized spacial score (nSPS) is 16.1. The van der Waals surface area contributed by atoms with Gasteiger partial charge >= 0.3 is 0 Å². The molecule has 0 aliphatic heterocycles. The number of ether oxygens (including phenoxy) is 1. The predicted octanol–water partition coefficient (Wildman–Crippen LogP) is 2.29. The maximum Gasteiger partial charge on any atom is 0.283 e. The number of thioether (sulfide) groups is 1. The second kappa shape index (κ2) is 6.85. The molecule has 0 aromatic carbocycles. The van der Waals surface area contributed by atoms with Crippen LogP contribution in [-0.4, -0.2) is 31.9 Å². The standard InChI is InChI=1S/C16H16N4O3S2/c1-8(2)24-16-19-25-15-18-14(22)10(13(17)20(15)16)6-9-4-5-11(21)12(7-9)23-3/h4-8H,17H2,1-3H3/b9-6+. The molecule has 0 atom stereocenters. The highest BCUT2D eigenvalue weighted by Crippen LogP contribution is 2.28. The van der Waals surface area contributed by atoms with E-state index in [1.807, 2.05) is 13.8 Å². The Kier molecular flexibility index (Phi) is 4.78. The van der Waals surface area contributed by atoms with Gasteiger partial charge in [-0.05, 0) is 23.8 Å². The maximum atomic E-state index is 12.4. The highest BCUT2D eigenvalue weighted by atomic mass is 32.2. The molecule has 0 amide bonds. The Morgan fingerprint density at radius 2 is 2.12 bits per heavy atom. The lowest BCUT2D eigenvalue weighted by atomic mass is 10.0. The smallest absolute Gasteiger partial charge is 0.283 e. The average molecular weight is 376 g/mol. The summed E-state index contributed by atoms with van der Waals surface area (Å²) < 4.78 is 11.0. The Morgan fingerprint density at radius 3 is 2.80 bits per heavy atom. The number of carbonyl (C=O) groups is 1. The van der Waals surface area contributed by atoms with Crippen molar-refractivity contribution in [1.82, 2.24) is 13.8 Å². The fraction of sp³-hybridized carbons (Fsp3) is 0.250. The molecule has 2 heterocycles. The number of allylic oxidation sites excluding steroid dienone is 4. The summed E-state index contributed by atoms with van der Waals surface area (Å²) in [6.45, 7) is 4.09. The van der Waals surface area contributed by atoms with Crippen LogP contribution in [0.5, 0.6) is 0 Å². The molecule has 130 valence electrons. The van der Waals surface area contributed by atoms with Gasteiger partial charge in [-0.1, -0.05) is 31.7 Å². The third kappa shape index (κ3) is 3.38. The molecule has 2 aromatic rings. The number of methoxy groups -OCH3 is 1.